The summed E-state index contributed by atoms with van der Waals surface area (Å²) < 4.78 is 10.7. The minimum atomic E-state index is 0.416. The van der Waals surface area contributed by atoms with E-state index in [1.165, 1.54) is 32.5 Å². The molecule has 3 atom stereocenters. The average molecular weight is 242 g/mol. The van der Waals surface area contributed by atoms with E-state index in [4.69, 9.17) is 9.47 Å². The minimum absolute atomic E-state index is 0.416. The second-order valence-corrected chi connectivity index (χ2v) is 5.42. The second kappa shape index (κ2) is 6.69. The molecule has 2 aliphatic heterocycles. The molecular formula is C13H26N2O2. The number of nitrogens with zero attached hydrogens (tertiary/aromatic N) is 1. The number of hydrogen-bond donors (Lipinski definition) is 1. The van der Waals surface area contributed by atoms with Gasteiger partial charge in [0.1, 0.15) is 0 Å². The molecule has 2 rings (SSSR count). The van der Waals surface area contributed by atoms with E-state index in [0.717, 1.165) is 25.5 Å². The van der Waals surface area contributed by atoms with Crippen LogP contribution < -0.4 is 5.32 Å². The summed E-state index contributed by atoms with van der Waals surface area (Å²) >= 11 is 0. The van der Waals surface area contributed by atoms with Gasteiger partial charge in [-0.1, -0.05) is 0 Å². The van der Waals surface area contributed by atoms with Crippen molar-refractivity contribution >= 4 is 0 Å². The first-order valence-electron chi connectivity index (χ1n) is 6.79. The quantitative estimate of drug-likeness (QED) is 0.770. The van der Waals surface area contributed by atoms with Crippen LogP contribution in [0.1, 0.15) is 19.3 Å². The van der Waals surface area contributed by atoms with Gasteiger partial charge in [0.25, 0.3) is 0 Å². The maximum Gasteiger partial charge on any atom is 0.0711 e. The van der Waals surface area contributed by atoms with E-state index in [1.807, 2.05) is 7.11 Å². The van der Waals surface area contributed by atoms with Gasteiger partial charge in [-0.2, -0.15) is 0 Å². The van der Waals surface area contributed by atoms with Gasteiger partial charge in [0.2, 0.25) is 0 Å². The SMILES string of the molecule is COCC1CCCN(CC2CC(OC)CN2)C1. The Morgan fingerprint density at radius 1 is 1.35 bits per heavy atom. The number of ether oxygens (including phenoxy) is 2. The molecular weight excluding hydrogens is 216 g/mol. The highest BCUT2D eigenvalue weighted by atomic mass is 16.5. The number of likely N-dealkylation sites (tertiary alicyclic amines) is 1. The molecule has 0 amide bonds. The van der Waals surface area contributed by atoms with E-state index >= 15 is 0 Å². The molecule has 0 radical (unpaired) electrons. The topological polar surface area (TPSA) is 33.7 Å². The van der Waals surface area contributed by atoms with Crippen molar-refractivity contribution in [3.8, 4) is 0 Å². The van der Waals surface area contributed by atoms with Crippen molar-refractivity contribution in [1.29, 1.82) is 0 Å². The lowest BCUT2D eigenvalue weighted by Gasteiger charge is -2.34. The number of methoxy groups -OCH3 is 2. The van der Waals surface area contributed by atoms with Gasteiger partial charge in [-0.3, -0.25) is 0 Å². The van der Waals surface area contributed by atoms with Crippen molar-refractivity contribution in [2.75, 3.05) is 47.0 Å². The Balaban J connectivity index is 1.71. The molecule has 2 heterocycles. The monoisotopic (exact) mass is 242 g/mol. The number of nitrogens with one attached hydrogen (secondary N) is 1. The van der Waals surface area contributed by atoms with Crippen molar-refractivity contribution in [3.05, 3.63) is 0 Å². The first-order chi connectivity index (χ1) is 8.31. The van der Waals surface area contributed by atoms with Gasteiger partial charge in [0.15, 0.2) is 0 Å². The van der Waals surface area contributed by atoms with Gasteiger partial charge >= 0.3 is 0 Å². The van der Waals surface area contributed by atoms with Crippen molar-refractivity contribution in [2.45, 2.75) is 31.4 Å². The largest absolute Gasteiger partial charge is 0.384 e. The predicted octanol–water partition coefficient (Wildman–Crippen LogP) is 0.722. The van der Waals surface area contributed by atoms with Crippen LogP contribution in [-0.4, -0.2) is 64.1 Å². The minimum Gasteiger partial charge on any atom is -0.384 e. The molecule has 2 aliphatic rings. The third-order valence-electron chi connectivity index (χ3n) is 4.00. The lowest BCUT2D eigenvalue weighted by Crippen LogP contribution is -2.43. The summed E-state index contributed by atoms with van der Waals surface area (Å²) in [5.74, 6) is 0.730. The van der Waals surface area contributed by atoms with Gasteiger partial charge in [0.05, 0.1) is 12.7 Å². The number of piperidine rings is 1. The Morgan fingerprint density at radius 2 is 2.24 bits per heavy atom. The van der Waals surface area contributed by atoms with E-state index in [1.54, 1.807) is 7.11 Å². The van der Waals surface area contributed by atoms with Crippen LogP contribution in [0, 0.1) is 5.92 Å². The molecule has 0 aliphatic carbocycles. The van der Waals surface area contributed by atoms with Crippen LogP contribution in [0.2, 0.25) is 0 Å². The Bertz CT molecular complexity index is 223. The standard InChI is InChI=1S/C13H26N2O2/c1-16-10-11-4-3-5-15(8-11)9-12-6-13(17-2)7-14-12/h11-14H,3-10H2,1-2H3. The highest BCUT2D eigenvalue weighted by molar-refractivity contribution is 4.86. The Morgan fingerprint density at radius 3 is 2.94 bits per heavy atom. The summed E-state index contributed by atoms with van der Waals surface area (Å²) in [6, 6.07) is 0.612. The first kappa shape index (κ1) is 13.3. The lowest BCUT2D eigenvalue weighted by atomic mass is 9.98. The highest BCUT2D eigenvalue weighted by Crippen LogP contribution is 2.18. The molecule has 0 aromatic rings. The molecule has 0 aromatic heterocycles. The number of hydrogen-bond acceptors (Lipinski definition) is 4. The van der Waals surface area contributed by atoms with Gasteiger partial charge in [0, 0.05) is 39.9 Å². The molecule has 17 heavy (non-hydrogen) atoms. The molecule has 4 heteroatoms. The van der Waals surface area contributed by atoms with Gasteiger partial charge < -0.3 is 19.7 Å². The maximum absolute atomic E-state index is 5.39. The summed E-state index contributed by atoms with van der Waals surface area (Å²) in [5, 5.41) is 3.55. The molecule has 2 fully saturated rings. The summed E-state index contributed by atoms with van der Waals surface area (Å²) in [5.41, 5.74) is 0. The smallest absolute Gasteiger partial charge is 0.0711 e. The lowest BCUT2D eigenvalue weighted by molar-refractivity contribution is 0.0838. The second-order valence-electron chi connectivity index (χ2n) is 5.42. The Kier molecular flexibility index (Phi) is 5.22. The summed E-state index contributed by atoms with van der Waals surface area (Å²) in [6.45, 7) is 5.53. The van der Waals surface area contributed by atoms with Crippen LogP contribution in [0.25, 0.3) is 0 Å². The van der Waals surface area contributed by atoms with Gasteiger partial charge in [-0.05, 0) is 31.7 Å². The zero-order chi connectivity index (χ0) is 12.1. The average Bonchev–Trinajstić information content (AvgIpc) is 2.78. The summed E-state index contributed by atoms with van der Waals surface area (Å²) in [4.78, 5) is 2.59. The molecule has 3 unspecified atom stereocenters. The van der Waals surface area contributed by atoms with Gasteiger partial charge in [-0.15, -0.1) is 0 Å². The molecule has 1 N–H and O–H groups in total. The molecule has 0 aromatic carbocycles. The normalized spacial score (nSPS) is 35.3. The van der Waals surface area contributed by atoms with Crippen LogP contribution >= 0.6 is 0 Å². The fraction of sp³-hybridized carbons (Fsp3) is 1.00. The van der Waals surface area contributed by atoms with Crippen LogP contribution in [0.15, 0.2) is 0 Å². The van der Waals surface area contributed by atoms with E-state index in [9.17, 15) is 0 Å². The van der Waals surface area contributed by atoms with E-state index in [-0.39, 0.29) is 0 Å². The summed E-state index contributed by atoms with van der Waals surface area (Å²) in [6.07, 6.45) is 4.21. The van der Waals surface area contributed by atoms with Gasteiger partial charge in [-0.25, -0.2) is 0 Å². The third-order valence-corrected chi connectivity index (χ3v) is 4.00. The van der Waals surface area contributed by atoms with Crippen molar-refractivity contribution in [3.63, 3.8) is 0 Å². The molecule has 0 bridgehead atoms. The first-order valence-corrected chi connectivity index (χ1v) is 6.79. The van der Waals surface area contributed by atoms with Crippen LogP contribution in [0.4, 0.5) is 0 Å². The van der Waals surface area contributed by atoms with E-state index in [2.05, 4.69) is 10.2 Å². The molecule has 4 nitrogen and oxygen atoms in total. The van der Waals surface area contributed by atoms with Crippen LogP contribution in [-0.2, 0) is 9.47 Å². The van der Waals surface area contributed by atoms with Crippen LogP contribution in [0.3, 0.4) is 0 Å². The molecule has 100 valence electrons. The van der Waals surface area contributed by atoms with Crippen molar-refractivity contribution < 1.29 is 9.47 Å². The van der Waals surface area contributed by atoms with E-state index in [0.29, 0.717) is 12.1 Å². The fourth-order valence-corrected chi connectivity index (χ4v) is 3.10. The Labute approximate surface area is 105 Å². The zero-order valence-electron chi connectivity index (χ0n) is 11.2. The van der Waals surface area contributed by atoms with Crippen molar-refractivity contribution in [1.82, 2.24) is 10.2 Å². The zero-order valence-corrected chi connectivity index (χ0v) is 11.2. The molecule has 2 saturated heterocycles. The highest BCUT2D eigenvalue weighted by Gasteiger charge is 2.27. The molecule has 0 saturated carbocycles. The van der Waals surface area contributed by atoms with E-state index < -0.39 is 0 Å². The maximum atomic E-state index is 5.39. The fourth-order valence-electron chi connectivity index (χ4n) is 3.10. The third kappa shape index (κ3) is 3.91. The Hall–Kier alpha value is -0.160. The van der Waals surface area contributed by atoms with Crippen LogP contribution in [0.5, 0.6) is 0 Å². The van der Waals surface area contributed by atoms with Crippen molar-refractivity contribution in [2.24, 2.45) is 5.92 Å². The predicted molar refractivity (Wildman–Crippen MR) is 68.2 cm³/mol. The molecule has 0 spiro atoms. The number of rotatable bonds is 5. The summed E-state index contributed by atoms with van der Waals surface area (Å²) in [7, 11) is 3.62.